The number of hydrogen-bond acceptors (Lipinski definition) is 3. The molecule has 2 saturated carbocycles. The van der Waals surface area contributed by atoms with Gasteiger partial charge in [0, 0.05) is 24.4 Å². The predicted molar refractivity (Wildman–Crippen MR) is 123 cm³/mol. The molecular weight excluding hydrogens is 384 g/mol. The van der Waals surface area contributed by atoms with Gasteiger partial charge >= 0.3 is 0 Å². The summed E-state index contributed by atoms with van der Waals surface area (Å²) in [5, 5.41) is 14.0. The highest BCUT2D eigenvalue weighted by Gasteiger charge is 2.70. The number of hydrogen-bond donors (Lipinski definition) is 2. The van der Waals surface area contributed by atoms with Gasteiger partial charge < -0.3 is 10.4 Å². The Morgan fingerprint density at radius 3 is 2.58 bits per heavy atom. The fourth-order valence-electron chi connectivity index (χ4n) is 8.65. The average molecular weight is 423 g/mol. The van der Waals surface area contributed by atoms with Gasteiger partial charge in [-0.2, -0.15) is 0 Å². The highest BCUT2D eigenvalue weighted by atomic mass is 16.3. The third-order valence-electron chi connectivity index (χ3n) is 11.1. The molecule has 0 aromatic carbocycles. The van der Waals surface area contributed by atoms with Crippen LogP contribution in [0.5, 0.6) is 0 Å². The Balaban J connectivity index is 1.62. The van der Waals surface area contributed by atoms with Crippen LogP contribution in [0.3, 0.4) is 0 Å². The highest BCUT2D eigenvalue weighted by molar-refractivity contribution is 5.79. The summed E-state index contributed by atoms with van der Waals surface area (Å²) in [4.78, 5) is 17.8. The van der Waals surface area contributed by atoms with Crippen molar-refractivity contribution in [3.63, 3.8) is 0 Å². The molecule has 31 heavy (non-hydrogen) atoms. The van der Waals surface area contributed by atoms with Gasteiger partial charge in [0.05, 0.1) is 6.10 Å². The van der Waals surface area contributed by atoms with E-state index in [0.717, 1.165) is 32.1 Å². The Kier molecular flexibility index (Phi) is 4.40. The summed E-state index contributed by atoms with van der Waals surface area (Å²) in [5.74, 6) is 0.461. The van der Waals surface area contributed by atoms with Crippen molar-refractivity contribution in [3.05, 3.63) is 36.2 Å². The number of carbonyl (C=O) groups excluding carboxylic acids is 1. The third kappa shape index (κ3) is 2.52. The second-order valence-electron chi connectivity index (χ2n) is 12.1. The van der Waals surface area contributed by atoms with Crippen LogP contribution in [0, 0.1) is 27.6 Å². The molecule has 4 heteroatoms. The zero-order chi connectivity index (χ0) is 22.3. The number of pyridine rings is 1. The van der Waals surface area contributed by atoms with Crippen LogP contribution in [-0.4, -0.2) is 27.6 Å². The molecule has 1 aliphatic heterocycles. The number of nitrogens with one attached hydrogen (secondary N) is 1. The van der Waals surface area contributed by atoms with E-state index in [-0.39, 0.29) is 39.2 Å². The molecule has 0 bridgehead atoms. The van der Waals surface area contributed by atoms with E-state index >= 15 is 0 Å². The Morgan fingerprint density at radius 2 is 1.87 bits per heavy atom. The number of amides is 1. The number of aliphatic hydroxyl groups excluding tert-OH is 1. The Labute approximate surface area is 186 Å². The van der Waals surface area contributed by atoms with Crippen LogP contribution in [-0.2, 0) is 4.79 Å². The fraction of sp³-hybridized carbons (Fsp3) is 0.704. The number of carbonyl (C=O) groups is 1. The van der Waals surface area contributed by atoms with Crippen LogP contribution >= 0.6 is 0 Å². The summed E-state index contributed by atoms with van der Waals surface area (Å²) in [6, 6.07) is 4.21. The first kappa shape index (κ1) is 21.2. The van der Waals surface area contributed by atoms with Gasteiger partial charge in [0.25, 0.3) is 0 Å². The first-order valence-corrected chi connectivity index (χ1v) is 12.1. The monoisotopic (exact) mass is 422 g/mol. The number of rotatable bonds is 1. The highest BCUT2D eigenvalue weighted by Crippen LogP contribution is 2.75. The molecule has 7 atom stereocenters. The third-order valence-corrected chi connectivity index (χ3v) is 11.1. The van der Waals surface area contributed by atoms with Crippen LogP contribution in [0.1, 0.15) is 85.1 Å². The number of aromatic nitrogens is 1. The lowest BCUT2D eigenvalue weighted by Crippen LogP contribution is -2.67. The lowest BCUT2D eigenvalue weighted by atomic mass is 9.37. The molecule has 3 aliphatic carbocycles. The van der Waals surface area contributed by atoms with E-state index in [9.17, 15) is 9.90 Å². The maximum Gasteiger partial charge on any atom is 0.220 e. The molecule has 4 aliphatic rings. The number of allylic oxidation sites excluding steroid dienone is 2. The molecule has 3 fully saturated rings. The maximum atomic E-state index is 13.4. The Bertz CT molecular complexity index is 944. The molecule has 2 N–H and O–H groups in total. The molecule has 2 heterocycles. The zero-order valence-electron chi connectivity index (χ0n) is 19.8. The van der Waals surface area contributed by atoms with Crippen molar-refractivity contribution < 1.29 is 9.90 Å². The minimum atomic E-state index is -0.367. The van der Waals surface area contributed by atoms with E-state index in [1.165, 1.54) is 11.1 Å². The van der Waals surface area contributed by atoms with Gasteiger partial charge in [-0.1, -0.05) is 39.8 Å². The van der Waals surface area contributed by atoms with Crippen molar-refractivity contribution >= 4 is 11.5 Å². The van der Waals surface area contributed by atoms with Crippen LogP contribution in [0.15, 0.2) is 30.6 Å². The van der Waals surface area contributed by atoms with E-state index < -0.39 is 0 Å². The molecule has 4 nitrogen and oxygen atoms in total. The van der Waals surface area contributed by atoms with Crippen molar-refractivity contribution in [2.24, 2.45) is 27.6 Å². The van der Waals surface area contributed by atoms with Gasteiger partial charge in [0.1, 0.15) is 0 Å². The molecule has 1 amide bonds. The maximum absolute atomic E-state index is 13.4. The van der Waals surface area contributed by atoms with Crippen molar-refractivity contribution in [1.29, 1.82) is 0 Å². The molecule has 0 radical (unpaired) electrons. The number of aliphatic hydroxyl groups is 1. The average Bonchev–Trinajstić information content (AvgIpc) is 2.96. The Hall–Kier alpha value is -1.68. The summed E-state index contributed by atoms with van der Waals surface area (Å²) in [6.07, 6.45) is 12.2. The van der Waals surface area contributed by atoms with E-state index in [4.69, 9.17) is 0 Å². The fourth-order valence-corrected chi connectivity index (χ4v) is 8.65. The van der Waals surface area contributed by atoms with Gasteiger partial charge in [-0.15, -0.1) is 0 Å². The second-order valence-corrected chi connectivity index (χ2v) is 12.1. The molecule has 168 valence electrons. The van der Waals surface area contributed by atoms with Crippen LogP contribution in [0.4, 0.5) is 0 Å². The van der Waals surface area contributed by atoms with Crippen LogP contribution in [0.2, 0.25) is 0 Å². The van der Waals surface area contributed by atoms with Crippen molar-refractivity contribution in [2.45, 2.75) is 91.2 Å². The molecule has 1 unspecified atom stereocenters. The van der Waals surface area contributed by atoms with Gasteiger partial charge in [-0.05, 0) is 90.2 Å². The van der Waals surface area contributed by atoms with Gasteiger partial charge in [0.2, 0.25) is 5.91 Å². The normalized spacial score (nSPS) is 49.2. The van der Waals surface area contributed by atoms with Crippen molar-refractivity contribution in [2.75, 3.05) is 0 Å². The molecule has 1 aromatic heterocycles. The van der Waals surface area contributed by atoms with Gasteiger partial charge in [-0.25, -0.2) is 0 Å². The summed E-state index contributed by atoms with van der Waals surface area (Å²) in [7, 11) is 0. The van der Waals surface area contributed by atoms with Crippen molar-refractivity contribution in [3.8, 4) is 0 Å². The van der Waals surface area contributed by atoms with E-state index in [2.05, 4.69) is 57.1 Å². The van der Waals surface area contributed by atoms with E-state index in [1.54, 1.807) is 0 Å². The largest absolute Gasteiger partial charge is 0.393 e. The summed E-state index contributed by atoms with van der Waals surface area (Å²) in [5.41, 5.74) is 2.32. The quantitative estimate of drug-likeness (QED) is 0.660. The van der Waals surface area contributed by atoms with Crippen LogP contribution in [0.25, 0.3) is 5.57 Å². The van der Waals surface area contributed by atoms with Crippen molar-refractivity contribution in [1.82, 2.24) is 10.3 Å². The standard InChI is InChI=1S/C27H38N2O2/c1-23-12-13-25(3)21(24(23,2)10-9-20(23)18-7-6-14-28-17-18)15-22(31)29-27(5)16-19(30)8-11-26(25,27)4/h6-7,9,14,17,19,21,30H,8,10-13,15-16H2,1-5H3,(H,29,31)/t19-,21?,23+,24-,25-,26+,27-/m0/s1. The minimum absolute atomic E-state index is 0.0207. The smallest absolute Gasteiger partial charge is 0.220 e. The second kappa shape index (κ2) is 6.43. The van der Waals surface area contributed by atoms with Crippen LogP contribution < -0.4 is 5.32 Å². The summed E-state index contributed by atoms with van der Waals surface area (Å²) < 4.78 is 0. The lowest BCUT2D eigenvalue weighted by molar-refractivity contribution is -0.171. The molecule has 1 saturated heterocycles. The van der Waals surface area contributed by atoms with E-state index in [1.807, 2.05) is 18.5 Å². The SMILES string of the molecule is C[C@]12CC[C@H](O)C[C@]1(C)NC(=O)CC1[C@]2(C)CC[C@]2(C)C(c3cccnc3)=CC[C@@]12C. The number of nitrogens with zero attached hydrogens (tertiary/aromatic N) is 1. The van der Waals surface area contributed by atoms with E-state index in [0.29, 0.717) is 18.8 Å². The zero-order valence-corrected chi connectivity index (χ0v) is 19.8. The number of fused-ring (bicyclic) bond motifs is 5. The van der Waals surface area contributed by atoms with Gasteiger partial charge in [-0.3, -0.25) is 9.78 Å². The molecule has 0 spiro atoms. The molecule has 1 aromatic rings. The topological polar surface area (TPSA) is 62.2 Å². The summed E-state index contributed by atoms with van der Waals surface area (Å²) >= 11 is 0. The lowest BCUT2D eigenvalue weighted by Gasteiger charge is -2.67. The first-order valence-electron chi connectivity index (χ1n) is 12.1. The molecular formula is C27H38N2O2. The summed E-state index contributed by atoms with van der Waals surface area (Å²) in [6.45, 7) is 12.0. The first-order chi connectivity index (χ1) is 14.5. The molecule has 5 rings (SSSR count). The predicted octanol–water partition coefficient (Wildman–Crippen LogP) is 5.13. The minimum Gasteiger partial charge on any atom is -0.393 e. The van der Waals surface area contributed by atoms with Gasteiger partial charge in [0.15, 0.2) is 0 Å². The Morgan fingerprint density at radius 1 is 1.10 bits per heavy atom.